The van der Waals surface area contributed by atoms with Gasteiger partial charge in [-0.15, -0.1) is 0 Å². The molecule has 1 aromatic heterocycles. The van der Waals surface area contributed by atoms with Crippen LogP contribution in [-0.2, 0) is 4.74 Å². The first-order valence-electron chi connectivity index (χ1n) is 5.22. The van der Waals surface area contributed by atoms with E-state index < -0.39 is 17.2 Å². The van der Waals surface area contributed by atoms with Gasteiger partial charge in [-0.3, -0.25) is 0 Å². The molecule has 0 atom stereocenters. The van der Waals surface area contributed by atoms with Crippen molar-refractivity contribution in [1.82, 2.24) is 4.98 Å². The Morgan fingerprint density at radius 2 is 1.88 bits per heavy atom. The predicted molar refractivity (Wildman–Crippen MR) is 63.3 cm³/mol. The van der Waals surface area contributed by atoms with E-state index >= 15 is 0 Å². The molecule has 0 aliphatic carbocycles. The second kappa shape index (κ2) is 5.27. The lowest BCUT2D eigenvalue weighted by atomic mass is 10.1. The third kappa shape index (κ3) is 3.52. The lowest BCUT2D eigenvalue weighted by molar-refractivity contribution is 0.0342. The van der Waals surface area contributed by atoms with Crippen LogP contribution in [0.2, 0.25) is 0 Å². The number of ether oxygens (including phenoxy) is 1. The second-order valence-corrected chi connectivity index (χ2v) is 4.22. The summed E-state index contributed by atoms with van der Waals surface area (Å²) in [6, 6.07) is 0.793. The van der Waals surface area contributed by atoms with E-state index in [1.165, 1.54) is 7.05 Å². The van der Waals surface area contributed by atoms with Gasteiger partial charge in [0.15, 0.2) is 23.3 Å². The molecule has 0 saturated heterocycles. The minimum Gasteiger partial charge on any atom is -0.377 e. The van der Waals surface area contributed by atoms with Crippen LogP contribution in [0.15, 0.2) is 6.07 Å². The molecular formula is C11H17F2N3O. The molecule has 0 saturated carbocycles. The molecule has 96 valence electrons. The summed E-state index contributed by atoms with van der Waals surface area (Å²) in [5.41, 5.74) is -0.456. The van der Waals surface area contributed by atoms with Gasteiger partial charge in [-0.05, 0) is 13.8 Å². The van der Waals surface area contributed by atoms with Gasteiger partial charge in [0.25, 0.3) is 0 Å². The van der Waals surface area contributed by atoms with Crippen molar-refractivity contribution in [2.45, 2.75) is 19.4 Å². The zero-order valence-corrected chi connectivity index (χ0v) is 10.4. The Morgan fingerprint density at radius 3 is 2.41 bits per heavy atom. The maximum atomic E-state index is 13.4. The van der Waals surface area contributed by atoms with Gasteiger partial charge < -0.3 is 15.4 Å². The molecule has 0 radical (unpaired) electrons. The van der Waals surface area contributed by atoms with E-state index in [1.54, 1.807) is 7.11 Å². The summed E-state index contributed by atoms with van der Waals surface area (Å²) in [5, 5.41) is 5.34. The smallest absolute Gasteiger partial charge is 0.168 e. The van der Waals surface area contributed by atoms with Crippen LogP contribution in [0.4, 0.5) is 20.4 Å². The van der Waals surface area contributed by atoms with Gasteiger partial charge in [0, 0.05) is 26.8 Å². The standard InChI is InChI=1S/C11H17F2N3O/c1-11(2,17-4)6-15-10-8(13)5-7(12)9(14-3)16-10/h5H,6H2,1-4H3,(H2,14,15,16). The molecule has 0 aliphatic rings. The van der Waals surface area contributed by atoms with Crippen LogP contribution in [0.5, 0.6) is 0 Å². The minimum atomic E-state index is -0.728. The Balaban J connectivity index is 2.84. The van der Waals surface area contributed by atoms with Crippen LogP contribution in [-0.4, -0.2) is 31.3 Å². The highest BCUT2D eigenvalue weighted by molar-refractivity contribution is 5.47. The summed E-state index contributed by atoms with van der Waals surface area (Å²) in [6.07, 6.45) is 0. The molecule has 0 unspecified atom stereocenters. The summed E-state index contributed by atoms with van der Waals surface area (Å²) in [4.78, 5) is 3.80. The largest absolute Gasteiger partial charge is 0.377 e. The normalized spacial score (nSPS) is 11.4. The molecule has 0 aliphatic heterocycles. The Labute approximate surface area is 99.4 Å². The van der Waals surface area contributed by atoms with Crippen LogP contribution >= 0.6 is 0 Å². The molecule has 17 heavy (non-hydrogen) atoms. The van der Waals surface area contributed by atoms with Crippen molar-refractivity contribution in [2.75, 3.05) is 31.3 Å². The van der Waals surface area contributed by atoms with Gasteiger partial charge in [0.05, 0.1) is 5.60 Å². The van der Waals surface area contributed by atoms with Crippen molar-refractivity contribution in [3.63, 3.8) is 0 Å². The Hall–Kier alpha value is -1.43. The lowest BCUT2D eigenvalue weighted by Crippen LogP contribution is -2.32. The molecule has 0 aromatic carbocycles. The summed E-state index contributed by atoms with van der Waals surface area (Å²) >= 11 is 0. The maximum Gasteiger partial charge on any atom is 0.168 e. The Bertz CT molecular complexity index is 397. The maximum absolute atomic E-state index is 13.4. The second-order valence-electron chi connectivity index (χ2n) is 4.22. The average Bonchev–Trinajstić information content (AvgIpc) is 2.28. The number of hydrogen-bond donors (Lipinski definition) is 2. The van der Waals surface area contributed by atoms with Crippen molar-refractivity contribution < 1.29 is 13.5 Å². The van der Waals surface area contributed by atoms with E-state index in [1.807, 2.05) is 13.8 Å². The molecule has 0 bridgehead atoms. The zero-order valence-electron chi connectivity index (χ0n) is 10.4. The third-order valence-electron chi connectivity index (χ3n) is 2.40. The fourth-order valence-electron chi connectivity index (χ4n) is 1.13. The van der Waals surface area contributed by atoms with Crippen molar-refractivity contribution in [2.24, 2.45) is 0 Å². The Kier molecular flexibility index (Phi) is 4.22. The molecule has 1 aromatic rings. The van der Waals surface area contributed by atoms with Gasteiger partial charge >= 0.3 is 0 Å². The summed E-state index contributed by atoms with van der Waals surface area (Å²) in [6.45, 7) is 4.06. The molecule has 6 heteroatoms. The molecule has 4 nitrogen and oxygen atoms in total. The first kappa shape index (κ1) is 13.6. The number of methoxy groups -OCH3 is 1. The quantitative estimate of drug-likeness (QED) is 0.835. The fraction of sp³-hybridized carbons (Fsp3) is 0.545. The highest BCUT2D eigenvalue weighted by Gasteiger charge is 2.18. The molecular weight excluding hydrogens is 228 g/mol. The number of aromatic nitrogens is 1. The van der Waals surface area contributed by atoms with Crippen LogP contribution in [0.3, 0.4) is 0 Å². The molecule has 1 rings (SSSR count). The van der Waals surface area contributed by atoms with Crippen molar-refractivity contribution >= 4 is 11.6 Å². The fourth-order valence-corrected chi connectivity index (χ4v) is 1.13. The summed E-state index contributed by atoms with van der Waals surface area (Å²) in [7, 11) is 3.08. The van der Waals surface area contributed by atoms with E-state index in [0.29, 0.717) is 6.54 Å². The van der Waals surface area contributed by atoms with Gasteiger partial charge in [0.2, 0.25) is 0 Å². The topological polar surface area (TPSA) is 46.2 Å². The molecule has 1 heterocycles. The van der Waals surface area contributed by atoms with Gasteiger partial charge in [-0.2, -0.15) is 0 Å². The number of halogens is 2. The average molecular weight is 245 g/mol. The van der Waals surface area contributed by atoms with Crippen molar-refractivity contribution in [3.05, 3.63) is 17.7 Å². The number of hydrogen-bond acceptors (Lipinski definition) is 4. The van der Waals surface area contributed by atoms with Crippen LogP contribution in [0.1, 0.15) is 13.8 Å². The van der Waals surface area contributed by atoms with Crippen LogP contribution < -0.4 is 10.6 Å². The molecule has 2 N–H and O–H groups in total. The molecule has 0 amide bonds. The highest BCUT2D eigenvalue weighted by atomic mass is 19.1. The van der Waals surface area contributed by atoms with Crippen LogP contribution in [0, 0.1) is 11.6 Å². The van der Waals surface area contributed by atoms with E-state index in [0.717, 1.165) is 6.07 Å². The number of anilines is 2. The van der Waals surface area contributed by atoms with E-state index in [9.17, 15) is 8.78 Å². The number of pyridine rings is 1. The third-order valence-corrected chi connectivity index (χ3v) is 2.40. The van der Waals surface area contributed by atoms with E-state index in [2.05, 4.69) is 15.6 Å². The molecule has 0 fully saturated rings. The van der Waals surface area contributed by atoms with Crippen molar-refractivity contribution in [3.8, 4) is 0 Å². The van der Waals surface area contributed by atoms with Crippen molar-refractivity contribution in [1.29, 1.82) is 0 Å². The van der Waals surface area contributed by atoms with Gasteiger partial charge in [-0.25, -0.2) is 13.8 Å². The number of nitrogens with one attached hydrogen (secondary N) is 2. The first-order chi connectivity index (χ1) is 7.89. The van der Waals surface area contributed by atoms with Gasteiger partial charge in [-0.1, -0.05) is 0 Å². The number of nitrogens with zero attached hydrogens (tertiary/aromatic N) is 1. The minimum absolute atomic E-state index is 0.000810. The molecule has 0 spiro atoms. The lowest BCUT2D eigenvalue weighted by Gasteiger charge is -2.23. The highest BCUT2D eigenvalue weighted by Crippen LogP contribution is 2.19. The van der Waals surface area contributed by atoms with E-state index in [-0.39, 0.29) is 11.6 Å². The summed E-state index contributed by atoms with van der Waals surface area (Å²) in [5.74, 6) is -1.44. The monoisotopic (exact) mass is 245 g/mol. The van der Waals surface area contributed by atoms with Gasteiger partial charge in [0.1, 0.15) is 0 Å². The zero-order chi connectivity index (χ0) is 13.1. The number of rotatable bonds is 5. The predicted octanol–water partition coefficient (Wildman–Crippen LogP) is 2.24. The Morgan fingerprint density at radius 1 is 1.29 bits per heavy atom. The van der Waals surface area contributed by atoms with Crippen LogP contribution in [0.25, 0.3) is 0 Å². The summed E-state index contributed by atoms with van der Waals surface area (Å²) < 4.78 is 31.7. The van der Waals surface area contributed by atoms with E-state index in [4.69, 9.17) is 4.74 Å². The SMILES string of the molecule is CNc1nc(NCC(C)(C)OC)c(F)cc1F. The first-order valence-corrected chi connectivity index (χ1v) is 5.22.